The Hall–Kier alpha value is -3.66. The van der Waals surface area contributed by atoms with E-state index in [9.17, 15) is 9.59 Å². The lowest BCUT2D eigenvalue weighted by Crippen LogP contribution is -2.34. The highest BCUT2D eigenvalue weighted by Crippen LogP contribution is 2.29. The van der Waals surface area contributed by atoms with Gasteiger partial charge in [-0.1, -0.05) is 24.3 Å². The Bertz CT molecular complexity index is 1250. The predicted octanol–water partition coefficient (Wildman–Crippen LogP) is 3.37. The van der Waals surface area contributed by atoms with E-state index in [1.807, 2.05) is 54.6 Å². The Morgan fingerprint density at radius 3 is 2.43 bits per heavy atom. The molecular weight excluding hydrogens is 468 g/mol. The normalized spacial score (nSPS) is 18.2. The van der Waals surface area contributed by atoms with Crippen LogP contribution in [0.1, 0.15) is 31.6 Å². The molecule has 1 atom stereocenters. The van der Waals surface area contributed by atoms with Crippen molar-refractivity contribution in [3.63, 3.8) is 0 Å². The van der Waals surface area contributed by atoms with Gasteiger partial charge in [0.05, 0.1) is 18.0 Å². The van der Waals surface area contributed by atoms with Crippen molar-refractivity contribution in [3.05, 3.63) is 60.3 Å². The van der Waals surface area contributed by atoms with Gasteiger partial charge in [-0.3, -0.25) is 9.59 Å². The molecule has 2 amide bonds. The molecule has 2 saturated heterocycles. The van der Waals surface area contributed by atoms with Crippen molar-refractivity contribution in [2.45, 2.75) is 25.9 Å². The second-order valence-electron chi connectivity index (χ2n) is 9.42. The lowest BCUT2D eigenvalue weighted by Gasteiger charge is -2.24. The van der Waals surface area contributed by atoms with E-state index < -0.39 is 0 Å². The molecule has 37 heavy (non-hydrogen) atoms. The number of morpholine rings is 1. The summed E-state index contributed by atoms with van der Waals surface area (Å²) in [6.45, 7) is 5.31. The Kier molecular flexibility index (Phi) is 7.84. The van der Waals surface area contributed by atoms with Crippen molar-refractivity contribution in [1.29, 1.82) is 0 Å². The number of benzene rings is 2. The topological polar surface area (TPSA) is 117 Å². The van der Waals surface area contributed by atoms with E-state index >= 15 is 0 Å². The second-order valence-corrected chi connectivity index (χ2v) is 9.42. The fourth-order valence-corrected chi connectivity index (χ4v) is 4.66. The Balaban J connectivity index is 1.45. The number of piperidine rings is 1. The highest BCUT2D eigenvalue weighted by atomic mass is 16.5. The van der Waals surface area contributed by atoms with Crippen molar-refractivity contribution in [1.82, 2.24) is 20.6 Å². The molecule has 192 valence electrons. The number of hydrogen-bond acceptors (Lipinski definition) is 7. The van der Waals surface area contributed by atoms with Gasteiger partial charge in [0.15, 0.2) is 5.82 Å². The Labute approximate surface area is 216 Å². The number of carbonyl (C=O) groups is 2. The summed E-state index contributed by atoms with van der Waals surface area (Å²) in [6, 6.07) is 17.2. The summed E-state index contributed by atoms with van der Waals surface area (Å²) in [5.41, 5.74) is 4.72. The monoisotopic (exact) mass is 500 g/mol. The molecule has 1 aromatic heterocycles. The van der Waals surface area contributed by atoms with E-state index in [1.165, 1.54) is 6.92 Å². The zero-order valence-electron chi connectivity index (χ0n) is 20.9. The quantitative estimate of drug-likeness (QED) is 0.410. The van der Waals surface area contributed by atoms with E-state index in [2.05, 4.69) is 21.3 Å². The van der Waals surface area contributed by atoms with Gasteiger partial charge in [0.25, 0.3) is 0 Å². The minimum atomic E-state index is -0.185. The van der Waals surface area contributed by atoms with Gasteiger partial charge >= 0.3 is 0 Å². The molecule has 0 aliphatic carbocycles. The van der Waals surface area contributed by atoms with Gasteiger partial charge < -0.3 is 26.0 Å². The molecule has 2 aromatic carbocycles. The molecule has 9 heteroatoms. The van der Waals surface area contributed by atoms with Crippen LogP contribution in [0.2, 0.25) is 0 Å². The molecule has 0 spiro atoms. The number of amides is 2. The van der Waals surface area contributed by atoms with Crippen molar-refractivity contribution >= 4 is 23.2 Å². The fourth-order valence-electron chi connectivity index (χ4n) is 4.66. The van der Waals surface area contributed by atoms with E-state index in [0.29, 0.717) is 19.0 Å². The van der Waals surface area contributed by atoms with Gasteiger partial charge in [0, 0.05) is 48.4 Å². The molecule has 3 aromatic rings. The van der Waals surface area contributed by atoms with Crippen LogP contribution in [-0.4, -0.2) is 54.6 Å². The van der Waals surface area contributed by atoms with E-state index in [-0.39, 0.29) is 23.8 Å². The third-order valence-electron chi connectivity index (χ3n) is 6.60. The van der Waals surface area contributed by atoms with E-state index in [1.54, 1.807) is 0 Å². The summed E-state index contributed by atoms with van der Waals surface area (Å²) in [6.07, 6.45) is 1.50. The van der Waals surface area contributed by atoms with Crippen molar-refractivity contribution in [3.8, 4) is 22.6 Å². The SMILES string of the molecule is CC(=O)Nc1ccc(-c2cc(C3CNCCO3)nc(-c3cccc(NC(=O)C4CCNCC4)c3)n2)cc1. The van der Waals surface area contributed by atoms with Gasteiger partial charge in [0.2, 0.25) is 11.8 Å². The molecule has 0 saturated carbocycles. The third-order valence-corrected chi connectivity index (χ3v) is 6.60. The molecule has 2 fully saturated rings. The van der Waals surface area contributed by atoms with Crippen molar-refractivity contribution < 1.29 is 14.3 Å². The highest BCUT2D eigenvalue weighted by molar-refractivity contribution is 5.93. The van der Waals surface area contributed by atoms with Crippen LogP contribution in [0, 0.1) is 5.92 Å². The molecule has 0 bridgehead atoms. The van der Waals surface area contributed by atoms with Crippen LogP contribution in [0.5, 0.6) is 0 Å². The van der Waals surface area contributed by atoms with E-state index in [0.717, 1.165) is 66.4 Å². The summed E-state index contributed by atoms with van der Waals surface area (Å²) in [7, 11) is 0. The first-order chi connectivity index (χ1) is 18.0. The number of nitrogens with zero attached hydrogens (tertiary/aromatic N) is 2. The predicted molar refractivity (Wildman–Crippen MR) is 143 cm³/mol. The minimum Gasteiger partial charge on any atom is -0.369 e. The number of ether oxygens (including phenoxy) is 1. The second kappa shape index (κ2) is 11.6. The van der Waals surface area contributed by atoms with Gasteiger partial charge in [0.1, 0.15) is 6.10 Å². The molecule has 4 N–H and O–H groups in total. The van der Waals surface area contributed by atoms with Crippen LogP contribution in [0.25, 0.3) is 22.6 Å². The first kappa shape index (κ1) is 25.0. The highest BCUT2D eigenvalue weighted by Gasteiger charge is 2.22. The average molecular weight is 501 g/mol. The van der Waals surface area contributed by atoms with Crippen molar-refractivity contribution in [2.75, 3.05) is 43.4 Å². The maximum absolute atomic E-state index is 12.8. The third kappa shape index (κ3) is 6.37. The van der Waals surface area contributed by atoms with Crippen LogP contribution in [0.4, 0.5) is 11.4 Å². The summed E-state index contributed by atoms with van der Waals surface area (Å²) >= 11 is 0. The molecule has 1 unspecified atom stereocenters. The van der Waals surface area contributed by atoms with Gasteiger partial charge in [-0.25, -0.2) is 9.97 Å². The zero-order chi connectivity index (χ0) is 25.6. The molecule has 3 heterocycles. The van der Waals surface area contributed by atoms with Gasteiger partial charge in [-0.2, -0.15) is 0 Å². The van der Waals surface area contributed by atoms with Crippen LogP contribution >= 0.6 is 0 Å². The van der Waals surface area contributed by atoms with E-state index in [4.69, 9.17) is 14.7 Å². The average Bonchev–Trinajstić information content (AvgIpc) is 2.94. The van der Waals surface area contributed by atoms with Crippen LogP contribution < -0.4 is 21.3 Å². The first-order valence-corrected chi connectivity index (χ1v) is 12.8. The molecular formula is C28H32N6O3. The number of carbonyl (C=O) groups excluding carboxylic acids is 2. The molecule has 9 nitrogen and oxygen atoms in total. The van der Waals surface area contributed by atoms with Crippen molar-refractivity contribution in [2.24, 2.45) is 5.92 Å². The summed E-state index contributed by atoms with van der Waals surface area (Å²) in [4.78, 5) is 33.9. The Morgan fingerprint density at radius 2 is 1.70 bits per heavy atom. The van der Waals surface area contributed by atoms with Crippen LogP contribution in [-0.2, 0) is 14.3 Å². The Morgan fingerprint density at radius 1 is 0.892 bits per heavy atom. The number of hydrogen-bond donors (Lipinski definition) is 4. The lowest BCUT2D eigenvalue weighted by atomic mass is 9.97. The summed E-state index contributed by atoms with van der Waals surface area (Å²) in [5, 5.41) is 12.5. The molecule has 2 aliphatic heterocycles. The van der Waals surface area contributed by atoms with Crippen LogP contribution in [0.15, 0.2) is 54.6 Å². The molecule has 0 radical (unpaired) electrons. The standard InChI is InChI=1S/C28H32N6O3/c1-18(35)31-22-7-5-19(6-8-22)24-16-25(26-17-30-13-14-37-26)34-27(33-24)21-3-2-4-23(15-21)32-28(36)20-9-11-29-12-10-20/h2-8,15-16,20,26,29-30H,9-14,17H2,1H3,(H,31,35)(H,32,36). The van der Waals surface area contributed by atoms with Crippen LogP contribution in [0.3, 0.4) is 0 Å². The number of anilines is 2. The van der Waals surface area contributed by atoms with Gasteiger partial charge in [-0.05, 0) is 56.3 Å². The number of aromatic nitrogens is 2. The number of rotatable bonds is 6. The minimum absolute atomic E-state index is 0.0208. The lowest BCUT2D eigenvalue weighted by molar-refractivity contribution is -0.120. The molecule has 2 aliphatic rings. The van der Waals surface area contributed by atoms with Gasteiger partial charge in [-0.15, -0.1) is 0 Å². The fraction of sp³-hybridized carbons (Fsp3) is 0.357. The largest absolute Gasteiger partial charge is 0.369 e. The maximum Gasteiger partial charge on any atom is 0.227 e. The zero-order valence-corrected chi connectivity index (χ0v) is 20.9. The first-order valence-electron chi connectivity index (χ1n) is 12.8. The molecule has 5 rings (SSSR count). The number of nitrogens with one attached hydrogen (secondary N) is 4. The summed E-state index contributed by atoms with van der Waals surface area (Å²) < 4.78 is 5.99. The maximum atomic E-state index is 12.8. The smallest absolute Gasteiger partial charge is 0.227 e. The summed E-state index contributed by atoms with van der Waals surface area (Å²) in [5.74, 6) is 0.515.